The van der Waals surface area contributed by atoms with Gasteiger partial charge in [-0.1, -0.05) is 15.9 Å². The van der Waals surface area contributed by atoms with E-state index in [4.69, 9.17) is 9.47 Å². The van der Waals surface area contributed by atoms with Crippen LogP contribution < -0.4 is 9.47 Å². The van der Waals surface area contributed by atoms with Gasteiger partial charge in [-0.2, -0.15) is 0 Å². The number of methoxy groups -OCH3 is 1. The molecule has 110 valence electrons. The molecule has 0 aromatic heterocycles. The van der Waals surface area contributed by atoms with Crippen LogP contribution in [0.5, 0.6) is 11.5 Å². The Labute approximate surface area is 124 Å². The van der Waals surface area contributed by atoms with Gasteiger partial charge in [-0.05, 0) is 24.8 Å². The summed E-state index contributed by atoms with van der Waals surface area (Å²) in [7, 11) is 1.25. The Morgan fingerprint density at radius 2 is 2.15 bits per heavy atom. The number of hydrogen-bond acceptors (Lipinski definition) is 3. The Hall–Kier alpha value is -1.17. The predicted molar refractivity (Wildman–Crippen MR) is 73.7 cm³/mol. The van der Waals surface area contributed by atoms with E-state index in [1.54, 1.807) is 0 Å². The first-order valence-electron chi connectivity index (χ1n) is 6.32. The summed E-state index contributed by atoms with van der Waals surface area (Å²) in [5.41, 5.74) is -0.0269. The summed E-state index contributed by atoms with van der Waals surface area (Å²) < 4.78 is 38.6. The van der Waals surface area contributed by atoms with Crippen molar-refractivity contribution in [3.05, 3.63) is 23.3 Å². The fraction of sp³-hybridized carbons (Fsp3) is 0.500. The maximum absolute atomic E-state index is 14.4. The second-order valence-electron chi connectivity index (χ2n) is 4.78. The van der Waals surface area contributed by atoms with Crippen LogP contribution in [0.4, 0.5) is 8.78 Å². The third-order valence-electron chi connectivity index (χ3n) is 3.25. The topological polar surface area (TPSA) is 35.5 Å². The molecule has 0 aliphatic heterocycles. The van der Waals surface area contributed by atoms with Crippen molar-refractivity contribution in [1.29, 1.82) is 0 Å². The van der Waals surface area contributed by atoms with Crippen molar-refractivity contribution in [3.8, 4) is 11.5 Å². The zero-order chi connectivity index (χ0) is 14.7. The van der Waals surface area contributed by atoms with E-state index in [2.05, 4.69) is 15.9 Å². The molecule has 20 heavy (non-hydrogen) atoms. The molecular weight excluding hydrogens is 334 g/mol. The Morgan fingerprint density at radius 3 is 2.65 bits per heavy atom. The van der Waals surface area contributed by atoms with E-state index in [9.17, 15) is 13.6 Å². The molecule has 6 heteroatoms. The van der Waals surface area contributed by atoms with Crippen molar-refractivity contribution in [2.24, 2.45) is 5.92 Å². The molecule has 0 heterocycles. The lowest BCUT2D eigenvalue weighted by atomic mass is 10.0. The molecule has 0 N–H and O–H groups in total. The molecule has 1 unspecified atom stereocenters. The van der Waals surface area contributed by atoms with E-state index in [1.807, 2.05) is 0 Å². The van der Waals surface area contributed by atoms with Crippen LogP contribution in [0.2, 0.25) is 0 Å². The van der Waals surface area contributed by atoms with Gasteiger partial charge in [-0.3, -0.25) is 0 Å². The summed E-state index contributed by atoms with van der Waals surface area (Å²) in [4.78, 5) is 11.0. The van der Waals surface area contributed by atoms with E-state index >= 15 is 0 Å². The van der Waals surface area contributed by atoms with E-state index in [-0.39, 0.29) is 22.4 Å². The van der Waals surface area contributed by atoms with Crippen LogP contribution in [0.15, 0.2) is 6.07 Å². The average molecular weight is 349 g/mol. The molecule has 0 amide bonds. The first kappa shape index (κ1) is 15.2. The Kier molecular flexibility index (Phi) is 4.96. The third kappa shape index (κ3) is 3.11. The summed E-state index contributed by atoms with van der Waals surface area (Å²) in [6.07, 6.45) is 2.64. The van der Waals surface area contributed by atoms with Crippen LogP contribution in [0.1, 0.15) is 24.3 Å². The summed E-state index contributed by atoms with van der Waals surface area (Å²) >= 11 is 3.11. The van der Waals surface area contributed by atoms with Gasteiger partial charge in [0.05, 0.1) is 19.6 Å². The summed E-state index contributed by atoms with van der Waals surface area (Å²) in [6, 6.07) is 0.985. The lowest BCUT2D eigenvalue weighted by Gasteiger charge is -2.16. The van der Waals surface area contributed by atoms with Gasteiger partial charge in [0.1, 0.15) is 6.29 Å². The summed E-state index contributed by atoms with van der Waals surface area (Å²) in [6.45, 7) is 0.330. The molecule has 0 spiro atoms. The van der Waals surface area contributed by atoms with Crippen LogP contribution in [-0.4, -0.2) is 25.3 Å². The van der Waals surface area contributed by atoms with Crippen molar-refractivity contribution in [2.45, 2.75) is 18.8 Å². The molecule has 1 saturated carbocycles. The standard InChI is InChI=1S/C14H15BrF2O3/c1-19-13-11(16)4-10(9(5-15)6-18)12(17)14(13)20-7-8-2-3-8/h4,6,8-9H,2-3,5,7H2,1H3. The van der Waals surface area contributed by atoms with Crippen molar-refractivity contribution < 1.29 is 23.0 Å². The van der Waals surface area contributed by atoms with Crippen molar-refractivity contribution in [3.63, 3.8) is 0 Å². The first-order valence-corrected chi connectivity index (χ1v) is 7.44. The molecule has 1 aliphatic carbocycles. The van der Waals surface area contributed by atoms with E-state index in [0.29, 0.717) is 18.8 Å². The number of aldehydes is 1. The summed E-state index contributed by atoms with van der Waals surface area (Å²) in [5.74, 6) is -2.35. The molecule has 1 aromatic carbocycles. The van der Waals surface area contributed by atoms with E-state index < -0.39 is 17.6 Å². The normalized spacial score (nSPS) is 15.8. The number of hydrogen-bond donors (Lipinski definition) is 0. The zero-order valence-electron chi connectivity index (χ0n) is 11.0. The number of carbonyl (C=O) groups excluding carboxylic acids is 1. The van der Waals surface area contributed by atoms with E-state index in [1.165, 1.54) is 7.11 Å². The van der Waals surface area contributed by atoms with Gasteiger partial charge in [-0.25, -0.2) is 8.78 Å². The number of benzene rings is 1. The fourth-order valence-electron chi connectivity index (χ4n) is 1.87. The molecule has 1 fully saturated rings. The number of carbonyl (C=O) groups is 1. The zero-order valence-corrected chi connectivity index (χ0v) is 12.6. The van der Waals surface area contributed by atoms with Crippen LogP contribution in [0, 0.1) is 17.6 Å². The molecule has 0 saturated heterocycles. The van der Waals surface area contributed by atoms with Crippen LogP contribution in [0.3, 0.4) is 0 Å². The average Bonchev–Trinajstić information content (AvgIpc) is 3.25. The monoisotopic (exact) mass is 348 g/mol. The second-order valence-corrected chi connectivity index (χ2v) is 5.42. The second kappa shape index (κ2) is 6.52. The minimum Gasteiger partial charge on any atom is -0.490 e. The smallest absolute Gasteiger partial charge is 0.200 e. The molecule has 2 rings (SSSR count). The van der Waals surface area contributed by atoms with Crippen molar-refractivity contribution >= 4 is 22.2 Å². The van der Waals surface area contributed by atoms with E-state index in [0.717, 1.165) is 18.9 Å². The number of ether oxygens (including phenoxy) is 2. The maximum atomic E-state index is 14.4. The maximum Gasteiger partial charge on any atom is 0.200 e. The largest absolute Gasteiger partial charge is 0.490 e. The van der Waals surface area contributed by atoms with Gasteiger partial charge in [-0.15, -0.1) is 0 Å². The highest BCUT2D eigenvalue weighted by atomic mass is 79.9. The SMILES string of the molecule is COc1c(F)cc(C(C=O)CBr)c(F)c1OCC1CC1. The van der Waals surface area contributed by atoms with Crippen LogP contribution in [-0.2, 0) is 4.79 Å². The highest BCUT2D eigenvalue weighted by Gasteiger charge is 2.28. The Balaban J connectivity index is 2.40. The quantitative estimate of drug-likeness (QED) is 0.559. The fourth-order valence-corrected chi connectivity index (χ4v) is 2.37. The Morgan fingerprint density at radius 1 is 1.45 bits per heavy atom. The van der Waals surface area contributed by atoms with Gasteiger partial charge in [0.2, 0.25) is 5.75 Å². The number of rotatable bonds is 7. The molecule has 0 radical (unpaired) electrons. The first-order chi connectivity index (χ1) is 9.62. The van der Waals surface area contributed by atoms with Crippen LogP contribution in [0.25, 0.3) is 0 Å². The molecule has 1 aliphatic rings. The van der Waals surface area contributed by atoms with Gasteiger partial charge in [0.15, 0.2) is 17.4 Å². The lowest BCUT2D eigenvalue weighted by molar-refractivity contribution is -0.108. The predicted octanol–water partition coefficient (Wildman–Crippen LogP) is 3.44. The van der Waals surface area contributed by atoms with Gasteiger partial charge in [0, 0.05) is 10.9 Å². The Bertz CT molecular complexity index is 504. The molecule has 1 atom stereocenters. The molecule has 3 nitrogen and oxygen atoms in total. The minimum atomic E-state index is -0.765. The number of halogens is 3. The number of alkyl halides is 1. The van der Waals surface area contributed by atoms with Crippen molar-refractivity contribution in [2.75, 3.05) is 19.0 Å². The van der Waals surface area contributed by atoms with Crippen LogP contribution >= 0.6 is 15.9 Å². The van der Waals surface area contributed by atoms with Gasteiger partial charge in [0.25, 0.3) is 0 Å². The lowest BCUT2D eigenvalue weighted by Crippen LogP contribution is -2.10. The summed E-state index contributed by atoms with van der Waals surface area (Å²) in [5, 5.41) is 0.210. The van der Waals surface area contributed by atoms with Gasteiger partial charge < -0.3 is 14.3 Å². The van der Waals surface area contributed by atoms with Crippen molar-refractivity contribution in [1.82, 2.24) is 0 Å². The highest BCUT2D eigenvalue weighted by Crippen LogP contribution is 2.39. The molecular formula is C14H15BrF2O3. The molecule has 0 bridgehead atoms. The highest BCUT2D eigenvalue weighted by molar-refractivity contribution is 9.09. The van der Waals surface area contributed by atoms with Gasteiger partial charge >= 0.3 is 0 Å². The third-order valence-corrected chi connectivity index (χ3v) is 3.95. The molecule has 1 aromatic rings. The minimum absolute atomic E-state index is 0.0269.